The first-order valence-electron chi connectivity index (χ1n) is 12.4. The number of allylic oxidation sites excluding steroid dienone is 1. The van der Waals surface area contributed by atoms with Crippen LogP contribution < -0.4 is 29.1 Å². The lowest BCUT2D eigenvalue weighted by Crippen LogP contribution is -2.40. The third-order valence-corrected chi connectivity index (χ3v) is 6.86. The number of ether oxygens (including phenoxy) is 4. The summed E-state index contributed by atoms with van der Waals surface area (Å²) >= 11 is 1.21. The first-order chi connectivity index (χ1) is 18.8. The standard InChI is InChI=1S/C29H29N3O6S/c1-6-36-28(34)25-18(4)31-29-32(26(25)20-11-12-22(38-17(2)3)23(15-20)35-5)27(33)24(39-29)16-19-9-7-8-10-21(19)37-14-13-30/h7-12,15-17,26H,6,14H2,1-5H3/b24-16-/t26-/m0/s1. The molecule has 1 atom stereocenters. The quantitative estimate of drug-likeness (QED) is 0.377. The number of nitrogens with zero attached hydrogens (tertiary/aromatic N) is 3. The van der Waals surface area contributed by atoms with Crippen molar-refractivity contribution in [3.05, 3.63) is 84.5 Å². The smallest absolute Gasteiger partial charge is 0.338 e. The lowest BCUT2D eigenvalue weighted by atomic mass is 9.95. The Bertz CT molecular complexity index is 1640. The summed E-state index contributed by atoms with van der Waals surface area (Å²) in [6.07, 6.45) is 1.64. The van der Waals surface area contributed by atoms with Gasteiger partial charge in [-0.05, 0) is 57.5 Å². The molecule has 0 aliphatic carbocycles. The van der Waals surface area contributed by atoms with Crippen LogP contribution in [0.25, 0.3) is 6.08 Å². The van der Waals surface area contributed by atoms with Gasteiger partial charge in [-0.1, -0.05) is 35.6 Å². The molecule has 1 aliphatic heterocycles. The molecule has 0 amide bonds. The molecular formula is C29H29N3O6S. The van der Waals surface area contributed by atoms with Crippen molar-refractivity contribution in [2.45, 2.75) is 39.8 Å². The normalized spacial score (nSPS) is 14.9. The summed E-state index contributed by atoms with van der Waals surface area (Å²) < 4.78 is 24.3. The van der Waals surface area contributed by atoms with E-state index in [1.54, 1.807) is 50.3 Å². The fourth-order valence-corrected chi connectivity index (χ4v) is 5.33. The van der Waals surface area contributed by atoms with E-state index in [1.165, 1.54) is 23.0 Å². The van der Waals surface area contributed by atoms with E-state index >= 15 is 0 Å². The van der Waals surface area contributed by atoms with E-state index in [0.29, 0.717) is 43.4 Å². The number of thiazole rings is 1. The van der Waals surface area contributed by atoms with Gasteiger partial charge in [0.2, 0.25) is 0 Å². The molecule has 2 heterocycles. The van der Waals surface area contributed by atoms with Gasteiger partial charge < -0.3 is 18.9 Å². The van der Waals surface area contributed by atoms with Crippen LogP contribution in [-0.4, -0.2) is 37.0 Å². The highest BCUT2D eigenvalue weighted by Crippen LogP contribution is 2.36. The molecule has 0 saturated heterocycles. The number of para-hydroxylation sites is 1. The third kappa shape index (κ3) is 5.73. The third-order valence-electron chi connectivity index (χ3n) is 5.88. The Morgan fingerprint density at radius 1 is 1.21 bits per heavy atom. The number of esters is 1. The molecule has 0 bridgehead atoms. The van der Waals surface area contributed by atoms with Crippen LogP contribution in [0.4, 0.5) is 0 Å². The van der Waals surface area contributed by atoms with Crippen molar-refractivity contribution < 1.29 is 23.7 Å². The van der Waals surface area contributed by atoms with E-state index in [4.69, 9.17) is 24.2 Å². The number of aromatic nitrogens is 1. The minimum Gasteiger partial charge on any atom is -0.493 e. The summed E-state index contributed by atoms with van der Waals surface area (Å²) in [6.45, 7) is 7.35. The minimum absolute atomic E-state index is 0.0697. The van der Waals surface area contributed by atoms with E-state index in [2.05, 4.69) is 4.99 Å². The average molecular weight is 548 g/mol. The van der Waals surface area contributed by atoms with Crippen molar-refractivity contribution in [3.63, 3.8) is 0 Å². The summed E-state index contributed by atoms with van der Waals surface area (Å²) in [5.74, 6) is 0.964. The van der Waals surface area contributed by atoms with E-state index in [9.17, 15) is 9.59 Å². The SMILES string of the molecule is CCOC(=O)C1=C(C)N=c2s/c(=C\c3ccccc3OCC#N)c(=O)n2[C@H]1c1ccc(OC(C)C)c(OC)c1. The summed E-state index contributed by atoms with van der Waals surface area (Å²) in [6, 6.07) is 13.7. The van der Waals surface area contributed by atoms with Gasteiger partial charge in [0.15, 0.2) is 22.9 Å². The van der Waals surface area contributed by atoms with Crippen molar-refractivity contribution in [2.75, 3.05) is 20.3 Å². The lowest BCUT2D eigenvalue weighted by molar-refractivity contribution is -0.139. The number of methoxy groups -OCH3 is 1. The molecule has 39 heavy (non-hydrogen) atoms. The van der Waals surface area contributed by atoms with Crippen molar-refractivity contribution in [1.29, 1.82) is 5.26 Å². The Balaban J connectivity index is 1.93. The van der Waals surface area contributed by atoms with Gasteiger partial charge in [0, 0.05) is 5.56 Å². The van der Waals surface area contributed by atoms with Gasteiger partial charge in [0.05, 0.1) is 41.7 Å². The van der Waals surface area contributed by atoms with Crippen LogP contribution in [0.15, 0.2) is 63.5 Å². The molecule has 1 aromatic heterocycles. The molecule has 0 radical (unpaired) electrons. The molecule has 0 fully saturated rings. The lowest BCUT2D eigenvalue weighted by Gasteiger charge is -2.25. The number of hydrogen-bond donors (Lipinski definition) is 0. The fraction of sp³-hybridized carbons (Fsp3) is 0.310. The maximum Gasteiger partial charge on any atom is 0.338 e. The zero-order chi connectivity index (χ0) is 28.1. The van der Waals surface area contributed by atoms with Gasteiger partial charge in [-0.3, -0.25) is 9.36 Å². The van der Waals surface area contributed by atoms with Gasteiger partial charge >= 0.3 is 5.97 Å². The van der Waals surface area contributed by atoms with E-state index in [1.807, 2.05) is 32.0 Å². The molecular weight excluding hydrogens is 518 g/mol. The Morgan fingerprint density at radius 2 is 1.97 bits per heavy atom. The maximum atomic E-state index is 13.9. The number of rotatable bonds is 9. The zero-order valence-corrected chi connectivity index (χ0v) is 23.2. The second-order valence-electron chi connectivity index (χ2n) is 8.86. The number of hydrogen-bond acceptors (Lipinski definition) is 9. The Morgan fingerprint density at radius 3 is 2.67 bits per heavy atom. The van der Waals surface area contributed by atoms with Gasteiger partial charge in [-0.25, -0.2) is 9.79 Å². The molecule has 2 aromatic carbocycles. The van der Waals surface area contributed by atoms with Crippen molar-refractivity contribution >= 4 is 23.4 Å². The zero-order valence-electron chi connectivity index (χ0n) is 22.4. The van der Waals surface area contributed by atoms with Crippen LogP contribution in [-0.2, 0) is 9.53 Å². The second kappa shape index (κ2) is 12.0. The number of carbonyl (C=O) groups excluding carboxylic acids is 1. The summed E-state index contributed by atoms with van der Waals surface area (Å²) in [5.41, 5.74) is 1.70. The van der Waals surface area contributed by atoms with Gasteiger partial charge in [0.25, 0.3) is 5.56 Å². The molecule has 0 N–H and O–H groups in total. The van der Waals surface area contributed by atoms with Crippen LogP contribution >= 0.6 is 11.3 Å². The number of fused-ring (bicyclic) bond motifs is 1. The molecule has 3 aromatic rings. The van der Waals surface area contributed by atoms with Crippen LogP contribution in [0, 0.1) is 11.3 Å². The average Bonchev–Trinajstić information content (AvgIpc) is 3.21. The monoisotopic (exact) mass is 547 g/mol. The molecule has 202 valence electrons. The molecule has 0 unspecified atom stereocenters. The first kappa shape index (κ1) is 27.7. The van der Waals surface area contributed by atoms with Gasteiger partial charge in [-0.15, -0.1) is 0 Å². The topological polar surface area (TPSA) is 112 Å². The predicted octanol–water partition coefficient (Wildman–Crippen LogP) is 3.50. The largest absolute Gasteiger partial charge is 0.493 e. The predicted molar refractivity (Wildman–Crippen MR) is 147 cm³/mol. The Kier molecular flexibility index (Phi) is 8.52. The highest BCUT2D eigenvalue weighted by atomic mass is 32.1. The van der Waals surface area contributed by atoms with Crippen molar-refractivity contribution in [1.82, 2.24) is 4.57 Å². The molecule has 10 heteroatoms. The first-order valence-corrected chi connectivity index (χ1v) is 13.2. The van der Waals surface area contributed by atoms with Gasteiger partial charge in [-0.2, -0.15) is 5.26 Å². The Labute approximate surface area is 229 Å². The minimum atomic E-state index is -0.797. The molecule has 4 rings (SSSR count). The fourth-order valence-electron chi connectivity index (χ4n) is 4.29. The van der Waals surface area contributed by atoms with Crippen LogP contribution in [0.3, 0.4) is 0 Å². The highest BCUT2D eigenvalue weighted by molar-refractivity contribution is 7.07. The summed E-state index contributed by atoms with van der Waals surface area (Å²) in [7, 11) is 1.54. The molecule has 9 nitrogen and oxygen atoms in total. The molecule has 1 aliphatic rings. The maximum absolute atomic E-state index is 13.9. The van der Waals surface area contributed by atoms with Crippen LogP contribution in [0.2, 0.25) is 0 Å². The number of benzene rings is 2. The molecule has 0 saturated carbocycles. The number of carbonyl (C=O) groups is 1. The highest BCUT2D eigenvalue weighted by Gasteiger charge is 2.34. The van der Waals surface area contributed by atoms with Crippen molar-refractivity contribution in [2.24, 2.45) is 4.99 Å². The summed E-state index contributed by atoms with van der Waals surface area (Å²) in [5, 5.41) is 8.92. The van der Waals surface area contributed by atoms with Crippen molar-refractivity contribution in [3.8, 4) is 23.3 Å². The van der Waals surface area contributed by atoms with Gasteiger partial charge in [0.1, 0.15) is 11.8 Å². The van der Waals surface area contributed by atoms with E-state index < -0.39 is 12.0 Å². The Hall–Kier alpha value is -4.36. The van der Waals surface area contributed by atoms with Crippen LogP contribution in [0.5, 0.6) is 17.2 Å². The second-order valence-corrected chi connectivity index (χ2v) is 9.87. The van der Waals surface area contributed by atoms with E-state index in [0.717, 1.165) is 0 Å². The van der Waals surface area contributed by atoms with E-state index in [-0.39, 0.29) is 30.5 Å². The van der Waals surface area contributed by atoms with Crippen LogP contribution in [0.1, 0.15) is 44.9 Å². The number of nitriles is 1. The summed E-state index contributed by atoms with van der Waals surface area (Å²) in [4.78, 5) is 32.1. The molecule has 0 spiro atoms.